The molecule has 0 bridgehead atoms. The van der Waals surface area contributed by atoms with E-state index < -0.39 is 0 Å². The Morgan fingerprint density at radius 3 is 2.90 bits per heavy atom. The van der Waals surface area contributed by atoms with Gasteiger partial charge >= 0.3 is 0 Å². The van der Waals surface area contributed by atoms with Crippen LogP contribution >= 0.6 is 0 Å². The average molecular weight is 270 g/mol. The highest BCUT2D eigenvalue weighted by Crippen LogP contribution is 2.23. The lowest BCUT2D eigenvalue weighted by Gasteiger charge is -2.13. The number of fused-ring (bicyclic) bond motifs is 1. The lowest BCUT2D eigenvalue weighted by Crippen LogP contribution is -2.28. The highest BCUT2D eigenvalue weighted by atomic mass is 16.1. The van der Waals surface area contributed by atoms with E-state index >= 15 is 0 Å². The van der Waals surface area contributed by atoms with Gasteiger partial charge in [-0.05, 0) is 49.4 Å². The maximum atomic E-state index is 12.3. The number of nitrogens with one attached hydrogen (secondary N) is 1. The Labute approximate surface area is 118 Å². The Morgan fingerprint density at radius 2 is 2.15 bits per heavy atom. The zero-order valence-corrected chi connectivity index (χ0v) is 11.8. The fourth-order valence-electron chi connectivity index (χ4n) is 2.74. The molecular weight excluding hydrogens is 252 g/mol. The van der Waals surface area contributed by atoms with Crippen molar-refractivity contribution in [2.24, 2.45) is 7.05 Å². The van der Waals surface area contributed by atoms with Crippen LogP contribution in [0.15, 0.2) is 24.5 Å². The van der Waals surface area contributed by atoms with Crippen LogP contribution < -0.4 is 5.32 Å². The smallest absolute Gasteiger partial charge is 0.251 e. The number of amides is 1. The Bertz CT molecular complexity index is 647. The van der Waals surface area contributed by atoms with E-state index in [4.69, 9.17) is 0 Å². The van der Waals surface area contributed by atoms with Crippen molar-refractivity contribution in [2.75, 3.05) is 0 Å². The van der Waals surface area contributed by atoms with E-state index in [9.17, 15) is 4.79 Å². The average Bonchev–Trinajstić information content (AvgIpc) is 3.05. The number of aromatic nitrogens is 3. The Kier molecular flexibility index (Phi) is 3.26. The summed E-state index contributed by atoms with van der Waals surface area (Å²) in [5, 5.41) is 10.8. The van der Waals surface area contributed by atoms with Crippen LogP contribution in [0, 0.1) is 0 Å². The third-order valence-electron chi connectivity index (χ3n) is 3.84. The van der Waals surface area contributed by atoms with Crippen LogP contribution in [0.1, 0.15) is 46.7 Å². The third-order valence-corrected chi connectivity index (χ3v) is 3.84. The van der Waals surface area contributed by atoms with Crippen molar-refractivity contribution < 1.29 is 4.79 Å². The molecule has 5 heteroatoms. The van der Waals surface area contributed by atoms with Gasteiger partial charge < -0.3 is 9.88 Å². The molecule has 1 unspecified atom stereocenters. The number of carbonyl (C=O) groups excluding carboxylic acids is 1. The molecule has 3 rings (SSSR count). The van der Waals surface area contributed by atoms with Gasteiger partial charge in [-0.3, -0.25) is 4.79 Å². The van der Waals surface area contributed by atoms with Crippen molar-refractivity contribution in [3.63, 3.8) is 0 Å². The van der Waals surface area contributed by atoms with Gasteiger partial charge in [0.1, 0.15) is 6.33 Å². The molecule has 1 aromatic carbocycles. The Balaban J connectivity index is 1.75. The predicted molar refractivity (Wildman–Crippen MR) is 75.4 cm³/mol. The van der Waals surface area contributed by atoms with E-state index in [1.54, 1.807) is 6.33 Å². The van der Waals surface area contributed by atoms with Gasteiger partial charge in [0.25, 0.3) is 5.91 Å². The number of aryl methyl sites for hydroxylation is 3. The minimum Gasteiger partial charge on any atom is -0.342 e. The first-order valence-electron chi connectivity index (χ1n) is 6.91. The predicted octanol–water partition coefficient (Wildman–Crippen LogP) is 1.79. The zero-order chi connectivity index (χ0) is 14.1. The second-order valence-corrected chi connectivity index (χ2v) is 5.33. The normalized spacial score (nSPS) is 14.9. The Hall–Kier alpha value is -2.17. The number of hydrogen-bond donors (Lipinski definition) is 1. The third kappa shape index (κ3) is 2.31. The SMILES string of the molecule is CC(NC(=O)c1ccc2c(c1)CCC2)c1nncn1C. The molecule has 2 aromatic rings. The van der Waals surface area contributed by atoms with Crippen molar-refractivity contribution in [1.82, 2.24) is 20.1 Å². The van der Waals surface area contributed by atoms with E-state index in [-0.39, 0.29) is 11.9 Å². The van der Waals surface area contributed by atoms with Crippen molar-refractivity contribution in [3.8, 4) is 0 Å². The van der Waals surface area contributed by atoms with E-state index in [2.05, 4.69) is 21.6 Å². The molecule has 1 atom stereocenters. The van der Waals surface area contributed by atoms with Crippen molar-refractivity contribution in [3.05, 3.63) is 47.0 Å². The van der Waals surface area contributed by atoms with Gasteiger partial charge in [-0.25, -0.2) is 0 Å². The maximum absolute atomic E-state index is 12.3. The molecule has 1 aromatic heterocycles. The second kappa shape index (κ2) is 5.07. The van der Waals surface area contributed by atoms with Crippen LogP contribution in [0.2, 0.25) is 0 Å². The van der Waals surface area contributed by atoms with Crippen LogP contribution in [-0.2, 0) is 19.9 Å². The van der Waals surface area contributed by atoms with Crippen molar-refractivity contribution in [2.45, 2.75) is 32.2 Å². The van der Waals surface area contributed by atoms with Gasteiger partial charge in [0, 0.05) is 12.6 Å². The molecule has 0 fully saturated rings. The number of hydrogen-bond acceptors (Lipinski definition) is 3. The molecular formula is C15H18N4O. The van der Waals surface area contributed by atoms with Crippen LogP contribution in [0.5, 0.6) is 0 Å². The summed E-state index contributed by atoms with van der Waals surface area (Å²) in [6.07, 6.45) is 5.03. The van der Waals surface area contributed by atoms with Crippen LogP contribution in [0.25, 0.3) is 0 Å². The zero-order valence-electron chi connectivity index (χ0n) is 11.8. The molecule has 104 valence electrons. The summed E-state index contributed by atoms with van der Waals surface area (Å²) in [6.45, 7) is 1.91. The molecule has 5 nitrogen and oxygen atoms in total. The van der Waals surface area contributed by atoms with Crippen LogP contribution in [0.3, 0.4) is 0 Å². The van der Waals surface area contributed by atoms with Crippen LogP contribution in [-0.4, -0.2) is 20.7 Å². The van der Waals surface area contributed by atoms with Gasteiger partial charge in [0.05, 0.1) is 6.04 Å². The molecule has 20 heavy (non-hydrogen) atoms. The first-order chi connectivity index (χ1) is 9.65. The standard InChI is InChI=1S/C15H18N4O/c1-10(14-18-16-9-19(14)2)17-15(20)13-7-6-11-4-3-5-12(11)8-13/h6-10H,3-5H2,1-2H3,(H,17,20). The van der Waals surface area contributed by atoms with Gasteiger partial charge in [-0.1, -0.05) is 6.07 Å². The number of carbonyl (C=O) groups is 1. The molecule has 0 aliphatic heterocycles. The van der Waals surface area contributed by atoms with Crippen LogP contribution in [0.4, 0.5) is 0 Å². The van der Waals surface area contributed by atoms with Gasteiger partial charge in [0.2, 0.25) is 0 Å². The molecule has 0 spiro atoms. The first kappa shape index (κ1) is 12.8. The van der Waals surface area contributed by atoms with Gasteiger partial charge in [0.15, 0.2) is 5.82 Å². The topological polar surface area (TPSA) is 59.8 Å². The summed E-state index contributed by atoms with van der Waals surface area (Å²) in [5.74, 6) is 0.690. The highest BCUT2D eigenvalue weighted by Gasteiger charge is 2.17. The van der Waals surface area contributed by atoms with Gasteiger partial charge in [-0.15, -0.1) is 10.2 Å². The van der Waals surface area contributed by atoms with E-state index in [0.717, 1.165) is 24.2 Å². The molecule has 0 saturated carbocycles. The summed E-state index contributed by atoms with van der Waals surface area (Å²) in [7, 11) is 1.87. The maximum Gasteiger partial charge on any atom is 0.251 e. The lowest BCUT2D eigenvalue weighted by atomic mass is 10.1. The first-order valence-corrected chi connectivity index (χ1v) is 6.91. The molecule has 0 saturated heterocycles. The van der Waals surface area contributed by atoms with Crippen molar-refractivity contribution >= 4 is 5.91 Å². The fourth-order valence-corrected chi connectivity index (χ4v) is 2.74. The summed E-state index contributed by atoms with van der Waals surface area (Å²) in [6, 6.07) is 5.83. The molecule has 1 N–H and O–H groups in total. The second-order valence-electron chi connectivity index (χ2n) is 5.33. The molecule has 1 heterocycles. The highest BCUT2D eigenvalue weighted by molar-refractivity contribution is 5.94. The summed E-state index contributed by atoms with van der Waals surface area (Å²) >= 11 is 0. The van der Waals surface area contributed by atoms with E-state index in [1.807, 2.05) is 30.7 Å². The largest absolute Gasteiger partial charge is 0.342 e. The minimum absolute atomic E-state index is 0.0600. The molecule has 0 radical (unpaired) electrons. The van der Waals surface area contributed by atoms with E-state index in [1.165, 1.54) is 17.5 Å². The fraction of sp³-hybridized carbons (Fsp3) is 0.400. The Morgan fingerprint density at radius 1 is 1.35 bits per heavy atom. The quantitative estimate of drug-likeness (QED) is 0.925. The summed E-state index contributed by atoms with van der Waals surface area (Å²) in [5.41, 5.74) is 3.41. The number of nitrogens with zero attached hydrogens (tertiary/aromatic N) is 3. The van der Waals surface area contributed by atoms with E-state index in [0.29, 0.717) is 0 Å². The van der Waals surface area contributed by atoms with Crippen molar-refractivity contribution in [1.29, 1.82) is 0 Å². The summed E-state index contributed by atoms with van der Waals surface area (Å²) in [4.78, 5) is 12.3. The molecule has 1 amide bonds. The minimum atomic E-state index is -0.164. The van der Waals surface area contributed by atoms with Gasteiger partial charge in [-0.2, -0.15) is 0 Å². The number of benzene rings is 1. The monoisotopic (exact) mass is 270 g/mol. The summed E-state index contributed by atoms with van der Waals surface area (Å²) < 4.78 is 1.81. The molecule has 1 aliphatic rings. The number of rotatable bonds is 3. The molecule has 1 aliphatic carbocycles. The lowest BCUT2D eigenvalue weighted by molar-refractivity contribution is 0.0937.